The lowest BCUT2D eigenvalue weighted by molar-refractivity contribution is -0.113. The van der Waals surface area contributed by atoms with Crippen LogP contribution in [0.5, 0.6) is 0 Å². The number of ether oxygens (including phenoxy) is 1. The van der Waals surface area contributed by atoms with E-state index in [1.807, 2.05) is 12.1 Å². The number of carbonyl (C=O) groups excluding carboxylic acids is 1. The molecule has 1 fully saturated rings. The summed E-state index contributed by atoms with van der Waals surface area (Å²) in [7, 11) is 0. The van der Waals surface area contributed by atoms with Gasteiger partial charge in [0.1, 0.15) is 15.3 Å². The zero-order valence-electron chi connectivity index (χ0n) is 16.9. The molecule has 10 heteroatoms. The number of hydrogen-bond donors (Lipinski definition) is 1. The maximum Gasteiger partial charge on any atom is 0.272 e. The third-order valence-electron chi connectivity index (χ3n) is 5.17. The topological polar surface area (TPSA) is 86.1 Å². The van der Waals surface area contributed by atoms with Crippen LogP contribution in [-0.2, 0) is 16.1 Å². The molecule has 1 aliphatic heterocycles. The molecule has 32 heavy (non-hydrogen) atoms. The molecule has 0 spiro atoms. The third kappa shape index (κ3) is 4.25. The van der Waals surface area contributed by atoms with Gasteiger partial charge in [-0.15, -0.1) is 11.3 Å². The fourth-order valence-electron chi connectivity index (χ4n) is 3.70. The lowest BCUT2D eigenvalue weighted by atomic mass is 10.2. The monoisotopic (exact) mass is 470 g/mol. The van der Waals surface area contributed by atoms with Gasteiger partial charge in [0.05, 0.1) is 23.9 Å². The van der Waals surface area contributed by atoms with Crippen LogP contribution >= 0.6 is 23.1 Å². The molecule has 0 bridgehead atoms. The fraction of sp³-hybridized carbons (Fsp3) is 0.273. The SMILES string of the molecule is O=C(CSc1nc2c(sc3ncccc32)c(=O)n1C[C@H]1CCCO1)Nc1cccc(F)c1. The van der Waals surface area contributed by atoms with Crippen LogP contribution in [0.15, 0.2) is 52.5 Å². The Labute approximate surface area is 190 Å². The highest BCUT2D eigenvalue weighted by atomic mass is 32.2. The molecule has 0 unspecified atom stereocenters. The number of amides is 1. The number of anilines is 1. The van der Waals surface area contributed by atoms with E-state index in [9.17, 15) is 14.0 Å². The minimum Gasteiger partial charge on any atom is -0.376 e. The summed E-state index contributed by atoms with van der Waals surface area (Å²) in [6.07, 6.45) is 3.47. The van der Waals surface area contributed by atoms with Crippen LogP contribution in [0.1, 0.15) is 12.8 Å². The first-order valence-corrected chi connectivity index (χ1v) is 12.0. The summed E-state index contributed by atoms with van der Waals surface area (Å²) in [5.74, 6) is -0.707. The Kier molecular flexibility index (Phi) is 5.90. The number of nitrogens with one attached hydrogen (secondary N) is 1. The Morgan fingerprint density at radius 3 is 3.06 bits per heavy atom. The van der Waals surface area contributed by atoms with Crippen LogP contribution < -0.4 is 10.9 Å². The quantitative estimate of drug-likeness (QED) is 0.338. The van der Waals surface area contributed by atoms with E-state index in [0.29, 0.717) is 34.2 Å². The van der Waals surface area contributed by atoms with Crippen molar-refractivity contribution in [2.75, 3.05) is 17.7 Å². The second kappa shape index (κ2) is 8.97. The summed E-state index contributed by atoms with van der Waals surface area (Å²) in [6, 6.07) is 9.42. The molecule has 4 aromatic rings. The van der Waals surface area contributed by atoms with Crippen LogP contribution in [0.25, 0.3) is 20.4 Å². The summed E-state index contributed by atoms with van der Waals surface area (Å²) in [6.45, 7) is 1.07. The molecule has 1 N–H and O–H groups in total. The Morgan fingerprint density at radius 2 is 2.25 bits per heavy atom. The molecular weight excluding hydrogens is 451 g/mol. The number of pyridine rings is 1. The second-order valence-corrected chi connectivity index (χ2v) is 9.37. The molecule has 1 aliphatic rings. The fourth-order valence-corrected chi connectivity index (χ4v) is 5.53. The Hall–Kier alpha value is -2.82. The first-order valence-electron chi connectivity index (χ1n) is 10.2. The van der Waals surface area contributed by atoms with Crippen LogP contribution in [-0.4, -0.2) is 38.9 Å². The summed E-state index contributed by atoms with van der Waals surface area (Å²) in [5.41, 5.74) is 0.826. The molecule has 164 valence electrons. The maximum absolute atomic E-state index is 13.4. The van der Waals surface area contributed by atoms with E-state index in [1.165, 1.54) is 41.3 Å². The van der Waals surface area contributed by atoms with Crippen LogP contribution in [0.2, 0.25) is 0 Å². The molecule has 4 heterocycles. The number of aromatic nitrogens is 3. The van der Waals surface area contributed by atoms with Gasteiger partial charge in [-0.3, -0.25) is 14.2 Å². The smallest absolute Gasteiger partial charge is 0.272 e. The number of halogens is 1. The third-order valence-corrected chi connectivity index (χ3v) is 7.24. The molecule has 0 radical (unpaired) electrons. The molecule has 0 saturated carbocycles. The number of thiophene rings is 1. The first kappa shape index (κ1) is 21.0. The predicted molar refractivity (Wildman–Crippen MR) is 124 cm³/mol. The predicted octanol–water partition coefficient (Wildman–Crippen LogP) is 4.06. The van der Waals surface area contributed by atoms with Gasteiger partial charge in [-0.1, -0.05) is 17.8 Å². The van der Waals surface area contributed by atoms with Crippen molar-refractivity contribution in [3.63, 3.8) is 0 Å². The number of nitrogens with zero attached hydrogens (tertiary/aromatic N) is 3. The van der Waals surface area contributed by atoms with Crippen molar-refractivity contribution in [2.24, 2.45) is 0 Å². The van der Waals surface area contributed by atoms with Crippen molar-refractivity contribution >= 4 is 55.1 Å². The van der Waals surface area contributed by atoms with E-state index >= 15 is 0 Å². The van der Waals surface area contributed by atoms with Gasteiger partial charge in [0.15, 0.2) is 5.16 Å². The van der Waals surface area contributed by atoms with Crippen LogP contribution in [0.3, 0.4) is 0 Å². The Balaban J connectivity index is 1.47. The zero-order valence-corrected chi connectivity index (χ0v) is 18.5. The van der Waals surface area contributed by atoms with Crippen molar-refractivity contribution in [3.05, 3.63) is 58.8 Å². The minimum atomic E-state index is -0.425. The summed E-state index contributed by atoms with van der Waals surface area (Å²) in [5, 5.41) is 3.95. The highest BCUT2D eigenvalue weighted by molar-refractivity contribution is 7.99. The van der Waals surface area contributed by atoms with E-state index in [-0.39, 0.29) is 23.3 Å². The maximum atomic E-state index is 13.4. The Morgan fingerprint density at radius 1 is 1.34 bits per heavy atom. The van der Waals surface area contributed by atoms with E-state index in [4.69, 9.17) is 9.72 Å². The molecule has 1 amide bonds. The van der Waals surface area contributed by atoms with Gasteiger partial charge in [0.25, 0.3) is 5.56 Å². The Bertz CT molecular complexity index is 1360. The molecule has 5 rings (SSSR count). The van der Waals surface area contributed by atoms with E-state index < -0.39 is 5.82 Å². The average molecular weight is 471 g/mol. The number of thioether (sulfide) groups is 1. The first-order chi connectivity index (χ1) is 15.6. The van der Waals surface area contributed by atoms with E-state index in [2.05, 4.69) is 10.3 Å². The molecule has 1 atom stereocenters. The zero-order chi connectivity index (χ0) is 22.1. The molecule has 1 saturated heterocycles. The number of rotatable bonds is 6. The van der Waals surface area contributed by atoms with Gasteiger partial charge in [0, 0.05) is 23.9 Å². The van der Waals surface area contributed by atoms with Crippen molar-refractivity contribution in [2.45, 2.75) is 30.6 Å². The lowest BCUT2D eigenvalue weighted by Crippen LogP contribution is -2.28. The lowest BCUT2D eigenvalue weighted by Gasteiger charge is -2.15. The van der Waals surface area contributed by atoms with Gasteiger partial charge < -0.3 is 10.1 Å². The highest BCUT2D eigenvalue weighted by Gasteiger charge is 2.22. The van der Waals surface area contributed by atoms with Gasteiger partial charge in [0.2, 0.25) is 5.91 Å². The number of fused-ring (bicyclic) bond motifs is 3. The average Bonchev–Trinajstić information content (AvgIpc) is 3.42. The molecule has 1 aromatic carbocycles. The van der Waals surface area contributed by atoms with E-state index in [1.54, 1.807) is 16.8 Å². The minimum absolute atomic E-state index is 0.0281. The van der Waals surface area contributed by atoms with E-state index in [0.717, 1.165) is 23.1 Å². The molecular formula is C22H19FN4O3S2. The van der Waals surface area contributed by atoms with Gasteiger partial charge >= 0.3 is 0 Å². The molecule has 0 aliphatic carbocycles. The van der Waals surface area contributed by atoms with Gasteiger partial charge in [-0.2, -0.15) is 0 Å². The number of benzene rings is 1. The van der Waals surface area contributed by atoms with Gasteiger partial charge in [-0.25, -0.2) is 14.4 Å². The molecule has 7 nitrogen and oxygen atoms in total. The summed E-state index contributed by atoms with van der Waals surface area (Å²) in [4.78, 5) is 35.7. The molecule has 3 aromatic heterocycles. The highest BCUT2D eigenvalue weighted by Crippen LogP contribution is 2.31. The van der Waals surface area contributed by atoms with Crippen molar-refractivity contribution in [1.29, 1.82) is 0 Å². The van der Waals surface area contributed by atoms with Crippen LogP contribution in [0, 0.1) is 5.82 Å². The number of carbonyl (C=O) groups is 1. The number of hydrogen-bond acceptors (Lipinski definition) is 7. The normalized spacial score (nSPS) is 16.1. The van der Waals surface area contributed by atoms with Crippen molar-refractivity contribution in [3.8, 4) is 0 Å². The van der Waals surface area contributed by atoms with Gasteiger partial charge in [-0.05, 0) is 43.2 Å². The van der Waals surface area contributed by atoms with Crippen molar-refractivity contribution in [1.82, 2.24) is 14.5 Å². The summed E-state index contributed by atoms with van der Waals surface area (Å²) >= 11 is 2.50. The van der Waals surface area contributed by atoms with Crippen molar-refractivity contribution < 1.29 is 13.9 Å². The second-order valence-electron chi connectivity index (χ2n) is 7.43. The largest absolute Gasteiger partial charge is 0.376 e. The van der Waals surface area contributed by atoms with Crippen LogP contribution in [0.4, 0.5) is 10.1 Å². The summed E-state index contributed by atoms with van der Waals surface area (Å²) < 4.78 is 21.3. The standard InChI is InChI=1S/C22H19FN4O3S2/c23-13-4-1-5-14(10-13)25-17(28)12-31-22-26-18-16-7-2-8-24-20(16)32-19(18)21(29)27(22)11-15-6-3-9-30-15/h1-2,4-5,7-8,10,15H,3,6,9,11-12H2,(H,25,28)/t15-/m1/s1.